The fourth-order valence-electron chi connectivity index (χ4n) is 1.66. The van der Waals surface area contributed by atoms with Crippen molar-refractivity contribution < 1.29 is 19.8 Å². The Morgan fingerprint density at radius 1 is 1.38 bits per heavy atom. The van der Waals surface area contributed by atoms with E-state index in [-0.39, 0.29) is 24.7 Å². The molecule has 0 atom stereocenters. The topological polar surface area (TPSA) is 117 Å². The lowest BCUT2D eigenvalue weighted by Gasteiger charge is -2.05. The van der Waals surface area contributed by atoms with Gasteiger partial charge >= 0.3 is 5.97 Å². The van der Waals surface area contributed by atoms with Gasteiger partial charge in [0.05, 0.1) is 12.7 Å². The molecule has 110 valence electrons. The van der Waals surface area contributed by atoms with E-state index in [0.29, 0.717) is 16.8 Å². The Morgan fingerprint density at radius 2 is 2.14 bits per heavy atom. The standard InChI is InChI=1S/C13H14N4O4/c1-8-2-3-9(4-11(8)18)13(21)14-5-10-6-17(16-15-10)7-12(19)20/h2-4,6,18H,5,7H2,1H3,(H,14,21)(H,19,20). The molecule has 3 N–H and O–H groups in total. The Bertz CT molecular complexity index is 681. The average molecular weight is 290 g/mol. The van der Waals surface area contributed by atoms with Crippen LogP contribution in [0.15, 0.2) is 24.4 Å². The number of amides is 1. The lowest BCUT2D eigenvalue weighted by atomic mass is 10.1. The Morgan fingerprint density at radius 3 is 2.81 bits per heavy atom. The molecule has 0 unspecified atom stereocenters. The Balaban J connectivity index is 1.95. The van der Waals surface area contributed by atoms with E-state index in [1.54, 1.807) is 19.1 Å². The molecule has 2 aromatic rings. The van der Waals surface area contributed by atoms with Crippen LogP contribution < -0.4 is 5.32 Å². The number of aromatic nitrogens is 3. The van der Waals surface area contributed by atoms with Crippen LogP contribution >= 0.6 is 0 Å². The number of carboxylic acids is 1. The van der Waals surface area contributed by atoms with Gasteiger partial charge in [-0.3, -0.25) is 9.59 Å². The van der Waals surface area contributed by atoms with E-state index >= 15 is 0 Å². The van der Waals surface area contributed by atoms with Crippen LogP contribution in [0.1, 0.15) is 21.6 Å². The maximum Gasteiger partial charge on any atom is 0.325 e. The van der Waals surface area contributed by atoms with Gasteiger partial charge in [-0.15, -0.1) is 5.10 Å². The minimum absolute atomic E-state index is 0.0510. The van der Waals surface area contributed by atoms with Crippen LogP contribution in [0.4, 0.5) is 0 Å². The number of aromatic hydroxyl groups is 1. The second kappa shape index (κ2) is 6.04. The maximum atomic E-state index is 11.9. The fourth-order valence-corrected chi connectivity index (χ4v) is 1.66. The van der Waals surface area contributed by atoms with Crippen molar-refractivity contribution in [2.75, 3.05) is 0 Å². The molecule has 1 aromatic carbocycles. The molecule has 0 saturated heterocycles. The van der Waals surface area contributed by atoms with Gasteiger partial charge in [-0.05, 0) is 24.6 Å². The van der Waals surface area contributed by atoms with Gasteiger partial charge in [0.15, 0.2) is 0 Å². The summed E-state index contributed by atoms with van der Waals surface area (Å²) >= 11 is 0. The van der Waals surface area contributed by atoms with Crippen molar-refractivity contribution in [1.29, 1.82) is 0 Å². The van der Waals surface area contributed by atoms with Crippen molar-refractivity contribution in [1.82, 2.24) is 20.3 Å². The Labute approximate surface area is 120 Å². The SMILES string of the molecule is Cc1ccc(C(=O)NCc2cn(CC(=O)O)nn2)cc1O. The van der Waals surface area contributed by atoms with Gasteiger partial charge in [0.1, 0.15) is 18.0 Å². The summed E-state index contributed by atoms with van der Waals surface area (Å²) < 4.78 is 1.17. The van der Waals surface area contributed by atoms with Gasteiger partial charge in [0, 0.05) is 5.56 Å². The third-order valence-electron chi connectivity index (χ3n) is 2.78. The lowest BCUT2D eigenvalue weighted by Crippen LogP contribution is -2.23. The molecule has 0 bridgehead atoms. The van der Waals surface area contributed by atoms with E-state index in [9.17, 15) is 14.7 Å². The number of hydrogen-bond donors (Lipinski definition) is 3. The number of phenolic OH excluding ortho intramolecular Hbond substituents is 1. The van der Waals surface area contributed by atoms with Crippen LogP contribution in [-0.2, 0) is 17.9 Å². The predicted molar refractivity (Wildman–Crippen MR) is 71.7 cm³/mol. The normalized spacial score (nSPS) is 10.3. The molecule has 0 aliphatic carbocycles. The first kappa shape index (κ1) is 14.5. The van der Waals surface area contributed by atoms with Crippen LogP contribution in [0.5, 0.6) is 5.75 Å². The molecular weight excluding hydrogens is 276 g/mol. The zero-order valence-corrected chi connectivity index (χ0v) is 11.3. The van der Waals surface area contributed by atoms with Gasteiger partial charge in [-0.1, -0.05) is 11.3 Å². The summed E-state index contributed by atoms with van der Waals surface area (Å²) in [4.78, 5) is 22.4. The summed E-state index contributed by atoms with van der Waals surface area (Å²) in [5, 5.41) is 28.2. The highest BCUT2D eigenvalue weighted by Crippen LogP contribution is 2.17. The molecule has 0 fully saturated rings. The van der Waals surface area contributed by atoms with Crippen molar-refractivity contribution in [3.63, 3.8) is 0 Å². The van der Waals surface area contributed by atoms with Crippen LogP contribution in [0, 0.1) is 6.92 Å². The molecule has 8 heteroatoms. The number of benzene rings is 1. The van der Waals surface area contributed by atoms with E-state index in [1.165, 1.54) is 16.9 Å². The number of carboxylic acid groups (broad SMARTS) is 1. The molecule has 21 heavy (non-hydrogen) atoms. The number of hydrogen-bond acceptors (Lipinski definition) is 5. The quantitative estimate of drug-likeness (QED) is 0.729. The summed E-state index contributed by atoms with van der Waals surface area (Å²) in [6.45, 7) is 1.57. The number of nitrogens with zero attached hydrogens (tertiary/aromatic N) is 3. The molecule has 0 aliphatic heterocycles. The van der Waals surface area contributed by atoms with Crippen molar-refractivity contribution in [3.05, 3.63) is 41.2 Å². The van der Waals surface area contributed by atoms with Crippen molar-refractivity contribution in [3.8, 4) is 5.75 Å². The first-order chi connectivity index (χ1) is 9.95. The van der Waals surface area contributed by atoms with Crippen LogP contribution in [-0.4, -0.2) is 37.1 Å². The highest BCUT2D eigenvalue weighted by Gasteiger charge is 2.09. The zero-order chi connectivity index (χ0) is 15.4. The van der Waals surface area contributed by atoms with E-state index < -0.39 is 5.97 Å². The minimum Gasteiger partial charge on any atom is -0.508 e. The lowest BCUT2D eigenvalue weighted by molar-refractivity contribution is -0.137. The number of carbonyl (C=O) groups is 2. The van der Waals surface area contributed by atoms with Gasteiger partial charge in [-0.25, -0.2) is 4.68 Å². The molecule has 1 amide bonds. The number of nitrogens with one attached hydrogen (secondary N) is 1. The monoisotopic (exact) mass is 290 g/mol. The van der Waals surface area contributed by atoms with Gasteiger partial charge in [0.25, 0.3) is 5.91 Å². The Kier molecular flexibility index (Phi) is 4.17. The third-order valence-corrected chi connectivity index (χ3v) is 2.78. The van der Waals surface area contributed by atoms with Crippen LogP contribution in [0.25, 0.3) is 0 Å². The molecule has 1 aromatic heterocycles. The van der Waals surface area contributed by atoms with Gasteiger partial charge in [-0.2, -0.15) is 0 Å². The molecule has 0 radical (unpaired) electrons. The highest BCUT2D eigenvalue weighted by molar-refractivity contribution is 5.94. The van der Waals surface area contributed by atoms with Gasteiger partial charge in [0.2, 0.25) is 0 Å². The van der Waals surface area contributed by atoms with Gasteiger partial charge < -0.3 is 15.5 Å². The number of rotatable bonds is 5. The van der Waals surface area contributed by atoms with Crippen LogP contribution in [0.2, 0.25) is 0 Å². The molecule has 0 aliphatic rings. The summed E-state index contributed by atoms with van der Waals surface area (Å²) in [6.07, 6.45) is 1.45. The minimum atomic E-state index is -1.02. The summed E-state index contributed by atoms with van der Waals surface area (Å²) in [7, 11) is 0. The highest BCUT2D eigenvalue weighted by atomic mass is 16.4. The number of phenols is 1. The van der Waals surface area contributed by atoms with Crippen molar-refractivity contribution in [2.24, 2.45) is 0 Å². The van der Waals surface area contributed by atoms with Crippen LogP contribution in [0.3, 0.4) is 0 Å². The second-order valence-corrected chi connectivity index (χ2v) is 4.49. The summed E-state index contributed by atoms with van der Waals surface area (Å²) in [5.41, 5.74) is 1.46. The third kappa shape index (κ3) is 3.78. The Hall–Kier alpha value is -2.90. The largest absolute Gasteiger partial charge is 0.508 e. The van der Waals surface area contributed by atoms with E-state index in [0.717, 1.165) is 0 Å². The number of carbonyl (C=O) groups excluding carboxylic acids is 1. The smallest absolute Gasteiger partial charge is 0.325 e. The molecule has 2 rings (SSSR count). The van der Waals surface area contributed by atoms with Crippen molar-refractivity contribution >= 4 is 11.9 Å². The number of aliphatic carboxylic acids is 1. The molecular formula is C13H14N4O4. The predicted octanol–water partition coefficient (Wildman–Crippen LogP) is 0.307. The summed E-state index contributed by atoms with van der Waals surface area (Å²) in [6, 6.07) is 4.63. The number of aryl methyl sites for hydroxylation is 1. The second-order valence-electron chi connectivity index (χ2n) is 4.49. The van der Waals surface area contributed by atoms with E-state index in [2.05, 4.69) is 15.6 Å². The fraction of sp³-hybridized carbons (Fsp3) is 0.231. The zero-order valence-electron chi connectivity index (χ0n) is 11.3. The van der Waals surface area contributed by atoms with E-state index in [1.807, 2.05) is 0 Å². The maximum absolute atomic E-state index is 11.9. The molecule has 8 nitrogen and oxygen atoms in total. The molecule has 1 heterocycles. The first-order valence-corrected chi connectivity index (χ1v) is 6.14. The average Bonchev–Trinajstić information content (AvgIpc) is 2.86. The molecule has 0 saturated carbocycles. The first-order valence-electron chi connectivity index (χ1n) is 6.14. The van der Waals surface area contributed by atoms with E-state index in [4.69, 9.17) is 5.11 Å². The summed E-state index contributed by atoms with van der Waals surface area (Å²) in [5.74, 6) is -1.33. The van der Waals surface area contributed by atoms with Crippen molar-refractivity contribution in [2.45, 2.75) is 20.0 Å². The molecule has 0 spiro atoms.